The van der Waals surface area contributed by atoms with E-state index in [0.717, 1.165) is 12.1 Å². The van der Waals surface area contributed by atoms with Crippen molar-refractivity contribution in [1.82, 2.24) is 10.6 Å². The van der Waals surface area contributed by atoms with Crippen LogP contribution in [0.1, 0.15) is 41.6 Å². The van der Waals surface area contributed by atoms with Gasteiger partial charge in [-0.1, -0.05) is 12.1 Å². The summed E-state index contributed by atoms with van der Waals surface area (Å²) >= 11 is 0. The van der Waals surface area contributed by atoms with Crippen LogP contribution in [0, 0.1) is 0 Å². The zero-order valence-corrected chi connectivity index (χ0v) is 13.6. The maximum atomic E-state index is 12.8. The van der Waals surface area contributed by atoms with Crippen LogP contribution >= 0.6 is 0 Å². The van der Waals surface area contributed by atoms with Gasteiger partial charge in [0.05, 0.1) is 17.9 Å². The predicted molar refractivity (Wildman–Crippen MR) is 83.6 cm³/mol. The van der Waals surface area contributed by atoms with Gasteiger partial charge in [-0.2, -0.15) is 13.2 Å². The number of amides is 2. The number of halogens is 3. The molecule has 2 aromatic rings. The van der Waals surface area contributed by atoms with Crippen LogP contribution in [-0.2, 0) is 11.0 Å². The number of alkyl halides is 3. The van der Waals surface area contributed by atoms with Crippen molar-refractivity contribution in [3.05, 3.63) is 59.5 Å². The minimum Gasteiger partial charge on any atom is -0.459 e. The SMILES string of the molecule is CC(NC(=O)c1ccco1)C(=O)NC(C)c1cccc(C(F)(F)F)c1. The minimum absolute atomic E-state index is 0.0607. The summed E-state index contributed by atoms with van der Waals surface area (Å²) in [6.07, 6.45) is -3.13. The summed E-state index contributed by atoms with van der Waals surface area (Å²) in [5, 5.41) is 5.02. The number of carbonyl (C=O) groups is 2. The standard InChI is InChI=1S/C17H17F3N2O3/c1-10(12-5-3-6-13(9-12)17(18,19)20)21-15(23)11(2)22-16(24)14-7-4-8-25-14/h3-11H,1-2H3,(H,21,23)(H,22,24). The van der Waals surface area contributed by atoms with Crippen LogP contribution in [0.15, 0.2) is 47.1 Å². The predicted octanol–water partition coefficient (Wildman–Crippen LogP) is 3.29. The van der Waals surface area contributed by atoms with E-state index >= 15 is 0 Å². The van der Waals surface area contributed by atoms with E-state index in [1.165, 1.54) is 37.5 Å². The molecular formula is C17H17F3N2O3. The number of hydrogen-bond donors (Lipinski definition) is 2. The Kier molecular flexibility index (Phi) is 5.51. The molecule has 134 valence electrons. The van der Waals surface area contributed by atoms with E-state index in [-0.39, 0.29) is 5.76 Å². The summed E-state index contributed by atoms with van der Waals surface area (Å²) in [6, 6.07) is 6.17. The molecule has 2 amide bonds. The number of furan rings is 1. The van der Waals surface area contributed by atoms with Crippen LogP contribution in [0.3, 0.4) is 0 Å². The van der Waals surface area contributed by atoms with Gasteiger partial charge in [0.25, 0.3) is 5.91 Å². The molecule has 2 rings (SSSR count). The number of carbonyl (C=O) groups excluding carboxylic acids is 2. The third-order valence-electron chi connectivity index (χ3n) is 3.56. The molecule has 8 heteroatoms. The van der Waals surface area contributed by atoms with Gasteiger partial charge in [0, 0.05) is 0 Å². The third-order valence-corrected chi connectivity index (χ3v) is 3.56. The fourth-order valence-electron chi connectivity index (χ4n) is 2.15. The van der Waals surface area contributed by atoms with E-state index in [1.807, 2.05) is 0 Å². The van der Waals surface area contributed by atoms with Crippen LogP contribution in [0.2, 0.25) is 0 Å². The van der Waals surface area contributed by atoms with Gasteiger partial charge < -0.3 is 15.1 Å². The molecule has 0 fully saturated rings. The first-order valence-electron chi connectivity index (χ1n) is 7.50. The molecule has 0 aliphatic heterocycles. The molecule has 2 unspecified atom stereocenters. The van der Waals surface area contributed by atoms with Crippen LogP contribution in [-0.4, -0.2) is 17.9 Å². The molecule has 25 heavy (non-hydrogen) atoms. The average Bonchev–Trinajstić information content (AvgIpc) is 3.08. The Morgan fingerprint density at radius 3 is 2.40 bits per heavy atom. The van der Waals surface area contributed by atoms with Crippen molar-refractivity contribution < 1.29 is 27.2 Å². The Labute approximate surface area is 142 Å². The highest BCUT2D eigenvalue weighted by atomic mass is 19.4. The molecule has 1 aromatic carbocycles. The lowest BCUT2D eigenvalue weighted by molar-refractivity contribution is -0.137. The molecule has 0 radical (unpaired) electrons. The van der Waals surface area contributed by atoms with Crippen LogP contribution < -0.4 is 10.6 Å². The molecule has 1 heterocycles. The van der Waals surface area contributed by atoms with E-state index in [2.05, 4.69) is 10.6 Å². The quantitative estimate of drug-likeness (QED) is 0.865. The van der Waals surface area contributed by atoms with Crippen molar-refractivity contribution in [3.8, 4) is 0 Å². The second-order valence-corrected chi connectivity index (χ2v) is 5.53. The Balaban J connectivity index is 1.98. The topological polar surface area (TPSA) is 71.3 Å². The average molecular weight is 354 g/mol. The summed E-state index contributed by atoms with van der Waals surface area (Å²) in [4.78, 5) is 24.0. The summed E-state index contributed by atoms with van der Waals surface area (Å²) < 4.78 is 43.2. The van der Waals surface area contributed by atoms with Crippen LogP contribution in [0.5, 0.6) is 0 Å². The normalized spacial score (nSPS) is 13.8. The van der Waals surface area contributed by atoms with Crippen molar-refractivity contribution in [1.29, 1.82) is 0 Å². The highest BCUT2D eigenvalue weighted by Crippen LogP contribution is 2.30. The van der Waals surface area contributed by atoms with Crippen molar-refractivity contribution in [2.75, 3.05) is 0 Å². The second-order valence-electron chi connectivity index (χ2n) is 5.53. The Morgan fingerprint density at radius 1 is 1.08 bits per heavy atom. The Bertz CT molecular complexity index is 742. The summed E-state index contributed by atoms with van der Waals surface area (Å²) in [5.41, 5.74) is -0.474. The third kappa shape index (κ3) is 4.85. The van der Waals surface area contributed by atoms with Gasteiger partial charge in [0.1, 0.15) is 6.04 Å². The molecule has 0 aliphatic rings. The van der Waals surface area contributed by atoms with E-state index in [0.29, 0.717) is 5.56 Å². The number of hydrogen-bond acceptors (Lipinski definition) is 3. The lowest BCUT2D eigenvalue weighted by atomic mass is 10.0. The van der Waals surface area contributed by atoms with Gasteiger partial charge in [-0.15, -0.1) is 0 Å². The first kappa shape index (κ1) is 18.6. The lowest BCUT2D eigenvalue weighted by Crippen LogP contribution is -2.45. The Morgan fingerprint density at radius 2 is 1.80 bits per heavy atom. The Hall–Kier alpha value is -2.77. The number of nitrogens with one attached hydrogen (secondary N) is 2. The highest BCUT2D eigenvalue weighted by Gasteiger charge is 2.31. The van der Waals surface area contributed by atoms with Gasteiger partial charge in [0.2, 0.25) is 5.91 Å². The smallest absolute Gasteiger partial charge is 0.416 e. The highest BCUT2D eigenvalue weighted by molar-refractivity contribution is 5.95. The van der Waals surface area contributed by atoms with Crippen molar-refractivity contribution in [2.24, 2.45) is 0 Å². The van der Waals surface area contributed by atoms with Gasteiger partial charge in [0.15, 0.2) is 5.76 Å². The van der Waals surface area contributed by atoms with Crippen molar-refractivity contribution in [3.63, 3.8) is 0 Å². The summed E-state index contributed by atoms with van der Waals surface area (Å²) in [5.74, 6) is -1.02. The molecule has 0 saturated carbocycles. The molecule has 5 nitrogen and oxygen atoms in total. The number of benzene rings is 1. The van der Waals surface area contributed by atoms with Gasteiger partial charge >= 0.3 is 6.18 Å². The minimum atomic E-state index is -4.45. The lowest BCUT2D eigenvalue weighted by Gasteiger charge is -2.19. The zero-order valence-electron chi connectivity index (χ0n) is 13.6. The largest absolute Gasteiger partial charge is 0.459 e. The maximum Gasteiger partial charge on any atom is 0.416 e. The zero-order chi connectivity index (χ0) is 18.6. The molecule has 0 bridgehead atoms. The van der Waals surface area contributed by atoms with E-state index in [9.17, 15) is 22.8 Å². The van der Waals surface area contributed by atoms with E-state index in [4.69, 9.17) is 4.42 Å². The molecule has 2 atom stereocenters. The second kappa shape index (κ2) is 7.42. The fourth-order valence-corrected chi connectivity index (χ4v) is 2.15. The van der Waals surface area contributed by atoms with Gasteiger partial charge in [-0.3, -0.25) is 9.59 Å². The monoisotopic (exact) mass is 354 g/mol. The van der Waals surface area contributed by atoms with E-state index in [1.54, 1.807) is 6.92 Å². The molecule has 0 saturated heterocycles. The summed E-state index contributed by atoms with van der Waals surface area (Å²) in [6.45, 7) is 3.03. The first-order chi connectivity index (χ1) is 11.7. The molecule has 2 N–H and O–H groups in total. The summed E-state index contributed by atoms with van der Waals surface area (Å²) in [7, 11) is 0. The fraction of sp³-hybridized carbons (Fsp3) is 0.294. The molecule has 0 aliphatic carbocycles. The molecule has 0 spiro atoms. The van der Waals surface area contributed by atoms with Crippen molar-refractivity contribution in [2.45, 2.75) is 32.1 Å². The molecular weight excluding hydrogens is 337 g/mol. The first-order valence-corrected chi connectivity index (χ1v) is 7.50. The van der Waals surface area contributed by atoms with Crippen LogP contribution in [0.4, 0.5) is 13.2 Å². The van der Waals surface area contributed by atoms with Gasteiger partial charge in [-0.25, -0.2) is 0 Å². The van der Waals surface area contributed by atoms with E-state index < -0.39 is 35.6 Å². The van der Waals surface area contributed by atoms with Gasteiger partial charge in [-0.05, 0) is 43.7 Å². The maximum absolute atomic E-state index is 12.8. The number of rotatable bonds is 5. The molecule has 1 aromatic heterocycles. The van der Waals surface area contributed by atoms with Crippen molar-refractivity contribution >= 4 is 11.8 Å². The van der Waals surface area contributed by atoms with Crippen LogP contribution in [0.25, 0.3) is 0 Å².